The lowest BCUT2D eigenvalue weighted by Gasteiger charge is -2.12. The lowest BCUT2D eigenvalue weighted by atomic mass is 10.2. The van der Waals surface area contributed by atoms with Crippen molar-refractivity contribution in [2.24, 2.45) is 5.10 Å². The first-order chi connectivity index (χ1) is 16.6. The summed E-state index contributed by atoms with van der Waals surface area (Å²) in [6, 6.07) is 18.8. The second-order valence-electron chi connectivity index (χ2n) is 7.05. The number of thioether (sulfide) groups is 1. The number of aromatic nitrogens is 3. The highest BCUT2D eigenvalue weighted by atomic mass is 32.2. The molecule has 4 rings (SSSR count). The summed E-state index contributed by atoms with van der Waals surface area (Å²) in [5, 5.41) is 13.4. The predicted octanol–water partition coefficient (Wildman–Crippen LogP) is 4.18. The van der Waals surface area contributed by atoms with Crippen molar-refractivity contribution in [3.8, 4) is 28.6 Å². The van der Waals surface area contributed by atoms with Gasteiger partial charge < -0.3 is 13.9 Å². The SMILES string of the molecule is COc1ccc(-c2nnc(SCC(=O)N/N=C(\C)c3ccco3)n2-c2ccccc2)cc1OC. The van der Waals surface area contributed by atoms with Crippen LogP contribution in [0.25, 0.3) is 17.1 Å². The molecule has 0 saturated carbocycles. The van der Waals surface area contributed by atoms with Crippen LogP contribution in [-0.4, -0.2) is 46.4 Å². The fourth-order valence-electron chi connectivity index (χ4n) is 3.18. The van der Waals surface area contributed by atoms with E-state index in [9.17, 15) is 4.79 Å². The molecule has 174 valence electrons. The second kappa shape index (κ2) is 10.7. The van der Waals surface area contributed by atoms with E-state index in [2.05, 4.69) is 20.7 Å². The molecule has 0 atom stereocenters. The fraction of sp³-hybridized carbons (Fsp3) is 0.167. The van der Waals surface area contributed by atoms with E-state index >= 15 is 0 Å². The Balaban J connectivity index is 1.58. The Hall–Kier alpha value is -4.05. The number of hydrazone groups is 1. The number of benzene rings is 2. The first-order valence-electron chi connectivity index (χ1n) is 10.3. The summed E-state index contributed by atoms with van der Waals surface area (Å²) in [4.78, 5) is 12.4. The molecule has 2 aromatic heterocycles. The highest BCUT2D eigenvalue weighted by Crippen LogP contribution is 2.34. The van der Waals surface area contributed by atoms with E-state index in [0.717, 1.165) is 11.3 Å². The minimum absolute atomic E-state index is 0.103. The Kier molecular flexibility index (Phi) is 7.28. The number of rotatable bonds is 9. The van der Waals surface area contributed by atoms with Crippen molar-refractivity contribution in [2.75, 3.05) is 20.0 Å². The normalized spacial score (nSPS) is 11.3. The molecule has 0 spiro atoms. The Morgan fingerprint density at radius 2 is 1.85 bits per heavy atom. The largest absolute Gasteiger partial charge is 0.493 e. The number of furan rings is 1. The van der Waals surface area contributed by atoms with Crippen molar-refractivity contribution >= 4 is 23.4 Å². The molecule has 0 saturated heterocycles. The molecule has 34 heavy (non-hydrogen) atoms. The van der Waals surface area contributed by atoms with Crippen molar-refractivity contribution < 1.29 is 18.7 Å². The van der Waals surface area contributed by atoms with Crippen LogP contribution in [-0.2, 0) is 4.79 Å². The number of carbonyl (C=O) groups is 1. The van der Waals surface area contributed by atoms with Gasteiger partial charge in [0.2, 0.25) is 0 Å². The number of ether oxygens (including phenoxy) is 2. The van der Waals surface area contributed by atoms with E-state index in [1.165, 1.54) is 11.8 Å². The zero-order chi connectivity index (χ0) is 23.9. The van der Waals surface area contributed by atoms with Gasteiger partial charge in [0.15, 0.2) is 22.5 Å². The van der Waals surface area contributed by atoms with E-state index in [1.54, 1.807) is 39.5 Å². The summed E-state index contributed by atoms with van der Waals surface area (Å²) in [6.07, 6.45) is 1.55. The summed E-state index contributed by atoms with van der Waals surface area (Å²) < 4.78 is 18.0. The molecule has 0 aliphatic heterocycles. The summed E-state index contributed by atoms with van der Waals surface area (Å²) in [7, 11) is 3.17. The fourth-order valence-corrected chi connectivity index (χ4v) is 3.93. The summed E-state index contributed by atoms with van der Waals surface area (Å²) in [5.74, 6) is 2.24. The monoisotopic (exact) mass is 477 g/mol. The molecule has 1 N–H and O–H groups in total. The number of hydrogen-bond donors (Lipinski definition) is 1. The zero-order valence-corrected chi connectivity index (χ0v) is 19.7. The molecule has 4 aromatic rings. The Labute approximate surface area is 200 Å². The van der Waals surface area contributed by atoms with Crippen molar-refractivity contribution in [1.82, 2.24) is 20.2 Å². The number of nitrogens with one attached hydrogen (secondary N) is 1. The molecule has 1 amide bonds. The standard InChI is InChI=1S/C24H23N5O4S/c1-16(19-10-7-13-33-19)25-26-22(30)15-34-24-28-27-23(29(24)18-8-5-4-6-9-18)17-11-12-20(31-2)21(14-17)32-3/h4-14H,15H2,1-3H3,(H,26,30)/b25-16+. The molecule has 10 heteroatoms. The quantitative estimate of drug-likeness (QED) is 0.219. The van der Waals surface area contributed by atoms with Gasteiger partial charge in [0.05, 0.1) is 26.2 Å². The molecular formula is C24H23N5O4S. The van der Waals surface area contributed by atoms with Crippen LogP contribution in [0.1, 0.15) is 12.7 Å². The van der Waals surface area contributed by atoms with Crippen molar-refractivity contribution in [3.63, 3.8) is 0 Å². The maximum Gasteiger partial charge on any atom is 0.250 e. The summed E-state index contributed by atoms with van der Waals surface area (Å²) in [6.45, 7) is 1.76. The molecule has 0 unspecified atom stereocenters. The van der Waals surface area contributed by atoms with Gasteiger partial charge in [0.25, 0.3) is 5.91 Å². The number of hydrogen-bond acceptors (Lipinski definition) is 8. The van der Waals surface area contributed by atoms with Gasteiger partial charge >= 0.3 is 0 Å². The maximum atomic E-state index is 12.4. The van der Waals surface area contributed by atoms with Gasteiger partial charge in [-0.25, -0.2) is 5.43 Å². The van der Waals surface area contributed by atoms with Gasteiger partial charge in [-0.3, -0.25) is 9.36 Å². The molecule has 0 bridgehead atoms. The molecule has 9 nitrogen and oxygen atoms in total. The van der Waals surface area contributed by atoms with Crippen LogP contribution in [0.15, 0.2) is 81.6 Å². The Morgan fingerprint density at radius 1 is 1.06 bits per heavy atom. The predicted molar refractivity (Wildman–Crippen MR) is 130 cm³/mol. The van der Waals surface area contributed by atoms with Crippen LogP contribution in [0, 0.1) is 0 Å². The van der Waals surface area contributed by atoms with Gasteiger partial charge in [0, 0.05) is 11.3 Å². The number of methoxy groups -OCH3 is 2. The minimum Gasteiger partial charge on any atom is -0.493 e. The lowest BCUT2D eigenvalue weighted by molar-refractivity contribution is -0.118. The minimum atomic E-state index is -0.272. The van der Waals surface area contributed by atoms with Gasteiger partial charge in [-0.05, 0) is 49.4 Å². The number of nitrogens with zero attached hydrogens (tertiary/aromatic N) is 4. The molecule has 0 aliphatic rings. The first-order valence-corrected chi connectivity index (χ1v) is 11.3. The van der Waals surface area contributed by atoms with Crippen LogP contribution in [0.5, 0.6) is 11.5 Å². The number of amides is 1. The average molecular weight is 478 g/mol. The zero-order valence-electron chi connectivity index (χ0n) is 18.9. The first kappa shape index (κ1) is 23.1. The maximum absolute atomic E-state index is 12.4. The van der Waals surface area contributed by atoms with Crippen molar-refractivity contribution in [3.05, 3.63) is 72.7 Å². The highest BCUT2D eigenvalue weighted by molar-refractivity contribution is 7.99. The van der Waals surface area contributed by atoms with Crippen molar-refractivity contribution in [2.45, 2.75) is 12.1 Å². The summed E-state index contributed by atoms with van der Waals surface area (Å²) >= 11 is 1.26. The Morgan fingerprint density at radius 3 is 2.56 bits per heavy atom. The van der Waals surface area contributed by atoms with Crippen LogP contribution < -0.4 is 14.9 Å². The number of carbonyl (C=O) groups excluding carboxylic acids is 1. The van der Waals surface area contributed by atoms with E-state index in [0.29, 0.717) is 34.0 Å². The van der Waals surface area contributed by atoms with E-state index in [4.69, 9.17) is 13.9 Å². The molecule has 0 fully saturated rings. The second-order valence-corrected chi connectivity index (χ2v) is 7.99. The third-order valence-corrected chi connectivity index (χ3v) is 5.78. The van der Waals surface area contributed by atoms with Gasteiger partial charge in [-0.1, -0.05) is 30.0 Å². The lowest BCUT2D eigenvalue weighted by Crippen LogP contribution is -2.21. The van der Waals surface area contributed by atoms with Gasteiger partial charge in [0.1, 0.15) is 11.5 Å². The van der Waals surface area contributed by atoms with Crippen molar-refractivity contribution in [1.29, 1.82) is 0 Å². The third-order valence-electron chi connectivity index (χ3n) is 4.85. The topological polar surface area (TPSA) is 104 Å². The highest BCUT2D eigenvalue weighted by Gasteiger charge is 2.18. The Bertz CT molecular complexity index is 1290. The van der Waals surface area contributed by atoms with Crippen LogP contribution in [0.3, 0.4) is 0 Å². The summed E-state index contributed by atoms with van der Waals surface area (Å²) in [5.41, 5.74) is 4.79. The van der Waals surface area contributed by atoms with E-state index in [1.807, 2.05) is 53.1 Å². The molecule has 2 heterocycles. The number of para-hydroxylation sites is 1. The average Bonchev–Trinajstić information content (AvgIpc) is 3.56. The van der Waals surface area contributed by atoms with Crippen LogP contribution >= 0.6 is 11.8 Å². The smallest absolute Gasteiger partial charge is 0.250 e. The van der Waals surface area contributed by atoms with Crippen LogP contribution in [0.2, 0.25) is 0 Å². The third kappa shape index (κ3) is 5.12. The molecule has 2 aromatic carbocycles. The molecule has 0 radical (unpaired) electrons. The van der Waals surface area contributed by atoms with E-state index < -0.39 is 0 Å². The molecule has 0 aliphatic carbocycles. The van der Waals surface area contributed by atoms with E-state index in [-0.39, 0.29) is 11.7 Å². The van der Waals surface area contributed by atoms with Gasteiger partial charge in [-0.2, -0.15) is 5.10 Å². The molecular weight excluding hydrogens is 454 g/mol. The van der Waals surface area contributed by atoms with Gasteiger partial charge in [-0.15, -0.1) is 10.2 Å². The van der Waals surface area contributed by atoms with Crippen LogP contribution in [0.4, 0.5) is 0 Å².